The second-order valence-electron chi connectivity index (χ2n) is 4.69. The third kappa shape index (κ3) is 2.73. The van der Waals surface area contributed by atoms with Gasteiger partial charge in [0.25, 0.3) is 0 Å². The van der Waals surface area contributed by atoms with Crippen molar-refractivity contribution in [2.45, 2.75) is 53.0 Å². The van der Waals surface area contributed by atoms with Crippen LogP contribution in [0.1, 0.15) is 47.0 Å². The predicted octanol–water partition coefficient (Wildman–Crippen LogP) is 2.58. The summed E-state index contributed by atoms with van der Waals surface area (Å²) in [4.78, 5) is 11.7. The van der Waals surface area contributed by atoms with Gasteiger partial charge in [0.05, 0.1) is 0 Å². The van der Waals surface area contributed by atoms with Crippen molar-refractivity contribution < 1.29 is 4.79 Å². The second-order valence-corrected chi connectivity index (χ2v) is 4.69. The minimum Gasteiger partial charge on any atom is -0.353 e. The molecule has 0 aliphatic heterocycles. The van der Waals surface area contributed by atoms with Crippen LogP contribution in [0.4, 0.5) is 0 Å². The molecule has 0 aromatic rings. The van der Waals surface area contributed by atoms with Crippen molar-refractivity contribution in [1.82, 2.24) is 5.32 Å². The van der Waals surface area contributed by atoms with E-state index in [1.807, 2.05) is 0 Å². The largest absolute Gasteiger partial charge is 0.353 e. The highest BCUT2D eigenvalue weighted by atomic mass is 16.2. The van der Waals surface area contributed by atoms with Gasteiger partial charge in [-0.25, -0.2) is 0 Å². The van der Waals surface area contributed by atoms with Crippen LogP contribution in [-0.2, 0) is 4.79 Å². The summed E-state index contributed by atoms with van der Waals surface area (Å²) in [6.45, 7) is 8.62. The third-order valence-corrected chi connectivity index (χ3v) is 3.65. The Bertz CT molecular complexity index is 202. The minimum atomic E-state index is 0.282. The van der Waals surface area contributed by atoms with Crippen LogP contribution in [-0.4, -0.2) is 11.9 Å². The van der Waals surface area contributed by atoms with Gasteiger partial charge in [0.1, 0.15) is 0 Å². The van der Waals surface area contributed by atoms with Crippen molar-refractivity contribution in [3.8, 4) is 0 Å². The molecule has 0 aromatic heterocycles. The zero-order valence-electron chi connectivity index (χ0n) is 9.84. The molecule has 0 radical (unpaired) electrons. The molecule has 1 amide bonds. The summed E-state index contributed by atoms with van der Waals surface area (Å²) in [7, 11) is 0. The van der Waals surface area contributed by atoms with Crippen LogP contribution in [0.2, 0.25) is 0 Å². The number of amides is 1. The Hall–Kier alpha value is -0.530. The second kappa shape index (κ2) is 4.81. The first-order chi connectivity index (χ1) is 6.60. The molecule has 0 spiro atoms. The first-order valence-corrected chi connectivity index (χ1v) is 5.90. The van der Waals surface area contributed by atoms with Gasteiger partial charge in [-0.2, -0.15) is 0 Å². The van der Waals surface area contributed by atoms with E-state index in [1.165, 1.54) is 0 Å². The standard InChI is InChI=1S/C12H23NO/c1-5-8(3)9(4)13-12(14)11-7-10(11)6-2/h8-11H,5-7H2,1-4H3,(H,13,14)/t8?,9?,10-,11?/m1/s1. The molecule has 0 bridgehead atoms. The van der Waals surface area contributed by atoms with Crippen molar-refractivity contribution in [3.63, 3.8) is 0 Å². The van der Waals surface area contributed by atoms with Gasteiger partial charge in [0, 0.05) is 12.0 Å². The van der Waals surface area contributed by atoms with E-state index in [9.17, 15) is 4.79 Å². The molecule has 1 rings (SSSR count). The highest BCUT2D eigenvalue weighted by Crippen LogP contribution is 2.41. The van der Waals surface area contributed by atoms with E-state index < -0.39 is 0 Å². The van der Waals surface area contributed by atoms with Gasteiger partial charge in [0.15, 0.2) is 0 Å². The molecule has 1 aliphatic carbocycles. The Balaban J connectivity index is 2.27. The summed E-state index contributed by atoms with van der Waals surface area (Å²) in [6, 6.07) is 0.325. The fourth-order valence-corrected chi connectivity index (χ4v) is 1.85. The van der Waals surface area contributed by atoms with E-state index >= 15 is 0 Å². The molecule has 1 N–H and O–H groups in total. The van der Waals surface area contributed by atoms with Gasteiger partial charge in [-0.15, -0.1) is 0 Å². The van der Waals surface area contributed by atoms with E-state index in [2.05, 4.69) is 33.0 Å². The van der Waals surface area contributed by atoms with E-state index in [1.54, 1.807) is 0 Å². The zero-order chi connectivity index (χ0) is 10.7. The van der Waals surface area contributed by atoms with Crippen molar-refractivity contribution in [3.05, 3.63) is 0 Å². The van der Waals surface area contributed by atoms with Gasteiger partial charge >= 0.3 is 0 Å². The summed E-state index contributed by atoms with van der Waals surface area (Å²) in [5.41, 5.74) is 0. The first-order valence-electron chi connectivity index (χ1n) is 5.90. The molecule has 4 atom stereocenters. The number of hydrogen-bond acceptors (Lipinski definition) is 1. The van der Waals surface area contributed by atoms with Crippen LogP contribution in [0.15, 0.2) is 0 Å². The maximum Gasteiger partial charge on any atom is 0.223 e. The molecule has 82 valence electrons. The van der Waals surface area contributed by atoms with Gasteiger partial charge < -0.3 is 5.32 Å². The maximum atomic E-state index is 11.7. The molecule has 0 saturated heterocycles. The minimum absolute atomic E-state index is 0.282. The average molecular weight is 197 g/mol. The predicted molar refractivity (Wildman–Crippen MR) is 58.9 cm³/mol. The highest BCUT2D eigenvalue weighted by Gasteiger charge is 2.41. The highest BCUT2D eigenvalue weighted by molar-refractivity contribution is 5.81. The van der Waals surface area contributed by atoms with Gasteiger partial charge in [0.2, 0.25) is 5.91 Å². The Morgan fingerprint density at radius 2 is 2.07 bits per heavy atom. The Morgan fingerprint density at radius 3 is 2.50 bits per heavy atom. The Morgan fingerprint density at radius 1 is 1.43 bits per heavy atom. The number of nitrogens with one attached hydrogen (secondary N) is 1. The van der Waals surface area contributed by atoms with Crippen LogP contribution >= 0.6 is 0 Å². The molecule has 3 unspecified atom stereocenters. The van der Waals surface area contributed by atoms with Crippen LogP contribution in [0, 0.1) is 17.8 Å². The van der Waals surface area contributed by atoms with Crippen molar-refractivity contribution in [2.24, 2.45) is 17.8 Å². The van der Waals surface area contributed by atoms with Gasteiger partial charge in [-0.3, -0.25) is 4.79 Å². The van der Waals surface area contributed by atoms with Crippen molar-refractivity contribution in [1.29, 1.82) is 0 Å². The fraction of sp³-hybridized carbons (Fsp3) is 0.917. The summed E-state index contributed by atoms with van der Waals surface area (Å²) < 4.78 is 0. The average Bonchev–Trinajstić information content (AvgIpc) is 2.95. The van der Waals surface area contributed by atoms with Gasteiger partial charge in [-0.1, -0.05) is 33.6 Å². The third-order valence-electron chi connectivity index (χ3n) is 3.65. The van der Waals surface area contributed by atoms with Crippen LogP contribution in [0.5, 0.6) is 0 Å². The van der Waals surface area contributed by atoms with Crippen molar-refractivity contribution >= 4 is 5.91 Å². The van der Waals surface area contributed by atoms with Crippen LogP contribution in [0.25, 0.3) is 0 Å². The summed E-state index contributed by atoms with van der Waals surface area (Å²) in [5, 5.41) is 3.12. The lowest BCUT2D eigenvalue weighted by molar-refractivity contribution is -0.123. The molecule has 14 heavy (non-hydrogen) atoms. The molecule has 2 heteroatoms. The fourth-order valence-electron chi connectivity index (χ4n) is 1.85. The van der Waals surface area contributed by atoms with Crippen molar-refractivity contribution in [2.75, 3.05) is 0 Å². The number of carbonyl (C=O) groups is 1. The molecule has 1 fully saturated rings. The van der Waals surface area contributed by atoms with E-state index in [-0.39, 0.29) is 5.91 Å². The van der Waals surface area contributed by atoms with E-state index in [0.29, 0.717) is 23.8 Å². The molecule has 0 aromatic carbocycles. The van der Waals surface area contributed by atoms with E-state index in [0.717, 1.165) is 19.3 Å². The lowest BCUT2D eigenvalue weighted by Gasteiger charge is -2.19. The molecule has 2 nitrogen and oxygen atoms in total. The smallest absolute Gasteiger partial charge is 0.223 e. The quantitative estimate of drug-likeness (QED) is 0.721. The maximum absolute atomic E-state index is 11.7. The summed E-state index contributed by atoms with van der Waals surface area (Å²) in [6.07, 6.45) is 3.38. The van der Waals surface area contributed by atoms with Crippen LogP contribution in [0.3, 0.4) is 0 Å². The lowest BCUT2D eigenvalue weighted by atomic mass is 10.0. The molecular formula is C12H23NO. The number of hydrogen-bond donors (Lipinski definition) is 1. The number of rotatable bonds is 5. The monoisotopic (exact) mass is 197 g/mol. The Labute approximate surface area is 87.5 Å². The molecule has 0 heterocycles. The normalized spacial score (nSPS) is 29.4. The topological polar surface area (TPSA) is 29.1 Å². The molecule has 1 aliphatic rings. The SMILES string of the molecule is CCC(C)C(C)NC(=O)C1C[C@H]1CC. The number of carbonyl (C=O) groups excluding carboxylic acids is 1. The van der Waals surface area contributed by atoms with Crippen LogP contribution < -0.4 is 5.32 Å². The molecule has 1 saturated carbocycles. The summed E-state index contributed by atoms with van der Waals surface area (Å²) in [5.74, 6) is 1.85. The molecular weight excluding hydrogens is 174 g/mol. The van der Waals surface area contributed by atoms with Gasteiger partial charge in [-0.05, 0) is 25.2 Å². The summed E-state index contributed by atoms with van der Waals surface area (Å²) >= 11 is 0. The Kier molecular flexibility index (Phi) is 3.97. The van der Waals surface area contributed by atoms with E-state index in [4.69, 9.17) is 0 Å². The lowest BCUT2D eigenvalue weighted by Crippen LogP contribution is -2.38. The first kappa shape index (κ1) is 11.5. The zero-order valence-corrected chi connectivity index (χ0v) is 9.84.